The predicted molar refractivity (Wildman–Crippen MR) is 96.4 cm³/mol. The minimum Gasteiger partial charge on any atom is -0.452 e. The summed E-state index contributed by atoms with van der Waals surface area (Å²) in [6.07, 6.45) is 1.78. The molecule has 4 rings (SSSR count). The van der Waals surface area contributed by atoms with Crippen LogP contribution >= 0.6 is 0 Å². The van der Waals surface area contributed by atoms with Crippen molar-refractivity contribution >= 4 is 16.9 Å². The Morgan fingerprint density at radius 2 is 1.96 bits per heavy atom. The van der Waals surface area contributed by atoms with E-state index in [0.717, 1.165) is 17.4 Å². The SMILES string of the molecule is CCn1cc(C(=O)OCc2nc(-c3ccc(F)cc3)no2)c2ccccc21. The van der Waals surface area contributed by atoms with E-state index in [9.17, 15) is 9.18 Å². The van der Waals surface area contributed by atoms with Crippen molar-refractivity contribution in [1.82, 2.24) is 14.7 Å². The number of benzene rings is 2. The van der Waals surface area contributed by atoms with Crippen molar-refractivity contribution in [3.8, 4) is 11.4 Å². The molecule has 0 aliphatic carbocycles. The number of nitrogens with zero attached hydrogens (tertiary/aromatic N) is 3. The van der Waals surface area contributed by atoms with E-state index in [0.29, 0.717) is 17.0 Å². The Kier molecular flexibility index (Phi) is 4.42. The molecular weight excluding hydrogens is 349 g/mol. The lowest BCUT2D eigenvalue weighted by Gasteiger charge is -2.00. The van der Waals surface area contributed by atoms with Gasteiger partial charge in [-0.25, -0.2) is 9.18 Å². The summed E-state index contributed by atoms with van der Waals surface area (Å²) in [6.45, 7) is 2.62. The summed E-state index contributed by atoms with van der Waals surface area (Å²) in [5, 5.41) is 4.67. The van der Waals surface area contributed by atoms with E-state index in [1.165, 1.54) is 12.1 Å². The molecule has 0 aliphatic rings. The first-order valence-electron chi connectivity index (χ1n) is 8.49. The molecule has 2 aromatic heterocycles. The number of halogens is 1. The number of fused-ring (bicyclic) bond motifs is 1. The van der Waals surface area contributed by atoms with E-state index in [1.807, 2.05) is 35.8 Å². The topological polar surface area (TPSA) is 70.2 Å². The Bertz CT molecular complexity index is 1100. The fraction of sp³-hybridized carbons (Fsp3) is 0.150. The van der Waals surface area contributed by atoms with Gasteiger partial charge in [-0.05, 0) is 37.3 Å². The molecule has 0 N–H and O–H groups in total. The number of carbonyl (C=O) groups is 1. The Balaban J connectivity index is 1.50. The molecule has 4 aromatic rings. The van der Waals surface area contributed by atoms with E-state index in [-0.39, 0.29) is 18.3 Å². The minimum absolute atomic E-state index is 0.140. The normalized spacial score (nSPS) is 11.0. The van der Waals surface area contributed by atoms with Gasteiger partial charge in [-0.3, -0.25) is 0 Å². The number of ether oxygens (including phenoxy) is 1. The van der Waals surface area contributed by atoms with Crippen molar-refractivity contribution in [3.05, 3.63) is 72.0 Å². The van der Waals surface area contributed by atoms with Gasteiger partial charge in [0.15, 0.2) is 6.61 Å². The number of hydrogen-bond donors (Lipinski definition) is 0. The molecule has 0 radical (unpaired) electrons. The summed E-state index contributed by atoms with van der Waals surface area (Å²) in [5.41, 5.74) is 2.08. The van der Waals surface area contributed by atoms with E-state index in [1.54, 1.807) is 18.3 Å². The number of rotatable bonds is 5. The van der Waals surface area contributed by atoms with Gasteiger partial charge in [0, 0.05) is 29.2 Å². The molecule has 0 bridgehead atoms. The molecule has 136 valence electrons. The first-order chi connectivity index (χ1) is 13.2. The molecule has 0 unspecified atom stereocenters. The monoisotopic (exact) mass is 365 g/mol. The molecule has 7 heteroatoms. The van der Waals surface area contributed by atoms with Crippen LogP contribution in [0.15, 0.2) is 59.3 Å². The molecule has 2 aromatic carbocycles. The van der Waals surface area contributed by atoms with E-state index < -0.39 is 5.97 Å². The van der Waals surface area contributed by atoms with Crippen molar-refractivity contribution in [1.29, 1.82) is 0 Å². The molecule has 27 heavy (non-hydrogen) atoms. The summed E-state index contributed by atoms with van der Waals surface area (Å²) in [5.74, 6) is -0.326. The maximum absolute atomic E-state index is 13.0. The van der Waals surface area contributed by atoms with Gasteiger partial charge in [-0.15, -0.1) is 0 Å². The second-order valence-corrected chi connectivity index (χ2v) is 5.94. The fourth-order valence-corrected chi connectivity index (χ4v) is 2.91. The van der Waals surface area contributed by atoms with Gasteiger partial charge in [0.05, 0.1) is 5.56 Å². The number of carbonyl (C=O) groups excluding carboxylic acids is 1. The van der Waals surface area contributed by atoms with Crippen molar-refractivity contribution in [3.63, 3.8) is 0 Å². The van der Waals surface area contributed by atoms with Crippen LogP contribution in [0.25, 0.3) is 22.3 Å². The largest absolute Gasteiger partial charge is 0.452 e. The Labute approximate surface area is 154 Å². The van der Waals surface area contributed by atoms with Gasteiger partial charge in [-0.2, -0.15) is 4.98 Å². The van der Waals surface area contributed by atoms with E-state index >= 15 is 0 Å². The first-order valence-corrected chi connectivity index (χ1v) is 8.49. The summed E-state index contributed by atoms with van der Waals surface area (Å²) in [4.78, 5) is 16.7. The molecule has 0 atom stereocenters. The van der Waals surface area contributed by atoms with Crippen molar-refractivity contribution in [2.24, 2.45) is 0 Å². The van der Waals surface area contributed by atoms with Gasteiger partial charge in [0.1, 0.15) is 5.82 Å². The lowest BCUT2D eigenvalue weighted by Crippen LogP contribution is -2.05. The van der Waals surface area contributed by atoms with Crippen LogP contribution in [0, 0.1) is 5.82 Å². The Hall–Kier alpha value is -3.48. The molecule has 0 fully saturated rings. The zero-order valence-corrected chi connectivity index (χ0v) is 14.6. The number of aryl methyl sites for hydroxylation is 1. The highest BCUT2D eigenvalue weighted by atomic mass is 19.1. The molecule has 0 amide bonds. The van der Waals surface area contributed by atoms with Crippen LogP contribution in [0.5, 0.6) is 0 Å². The van der Waals surface area contributed by atoms with Gasteiger partial charge in [0.25, 0.3) is 5.89 Å². The highest BCUT2D eigenvalue weighted by molar-refractivity contribution is 6.04. The van der Waals surface area contributed by atoms with Gasteiger partial charge < -0.3 is 13.8 Å². The summed E-state index contributed by atoms with van der Waals surface area (Å²) >= 11 is 0. The third-order valence-electron chi connectivity index (χ3n) is 4.25. The third kappa shape index (κ3) is 3.31. The highest BCUT2D eigenvalue weighted by Gasteiger charge is 2.17. The van der Waals surface area contributed by atoms with Crippen molar-refractivity contribution < 1.29 is 18.4 Å². The molecule has 0 saturated heterocycles. The van der Waals surface area contributed by atoms with Crippen LogP contribution in [-0.2, 0) is 17.9 Å². The Morgan fingerprint density at radius 3 is 2.74 bits per heavy atom. The number of esters is 1. The second kappa shape index (κ2) is 7.03. The second-order valence-electron chi connectivity index (χ2n) is 5.94. The molecule has 2 heterocycles. The van der Waals surface area contributed by atoms with E-state index in [2.05, 4.69) is 10.1 Å². The lowest BCUT2D eigenvalue weighted by atomic mass is 10.2. The summed E-state index contributed by atoms with van der Waals surface area (Å²) in [6, 6.07) is 13.4. The van der Waals surface area contributed by atoms with Crippen molar-refractivity contribution in [2.45, 2.75) is 20.1 Å². The van der Waals surface area contributed by atoms with Gasteiger partial charge in [-0.1, -0.05) is 23.4 Å². The molecule has 0 saturated carbocycles. The molecule has 0 aliphatic heterocycles. The smallest absolute Gasteiger partial charge is 0.340 e. The van der Waals surface area contributed by atoms with Crippen LogP contribution in [0.3, 0.4) is 0 Å². The quantitative estimate of drug-likeness (QED) is 0.496. The minimum atomic E-state index is -0.458. The lowest BCUT2D eigenvalue weighted by molar-refractivity contribution is 0.0432. The van der Waals surface area contributed by atoms with Crippen LogP contribution in [0.2, 0.25) is 0 Å². The highest BCUT2D eigenvalue weighted by Crippen LogP contribution is 2.23. The van der Waals surface area contributed by atoms with Crippen molar-refractivity contribution in [2.75, 3.05) is 0 Å². The van der Waals surface area contributed by atoms with Crippen LogP contribution in [0.4, 0.5) is 4.39 Å². The first kappa shape index (κ1) is 17.0. The number of hydrogen-bond acceptors (Lipinski definition) is 5. The maximum atomic E-state index is 13.0. The van der Waals surface area contributed by atoms with E-state index in [4.69, 9.17) is 9.26 Å². The maximum Gasteiger partial charge on any atom is 0.340 e. The average molecular weight is 365 g/mol. The van der Waals surface area contributed by atoms with Gasteiger partial charge >= 0.3 is 5.97 Å². The zero-order chi connectivity index (χ0) is 18.8. The average Bonchev–Trinajstić information content (AvgIpc) is 3.31. The van der Waals surface area contributed by atoms with Crippen LogP contribution in [-0.4, -0.2) is 20.7 Å². The zero-order valence-electron chi connectivity index (χ0n) is 14.6. The summed E-state index contributed by atoms with van der Waals surface area (Å²) in [7, 11) is 0. The Morgan fingerprint density at radius 1 is 1.19 bits per heavy atom. The molecule has 0 spiro atoms. The van der Waals surface area contributed by atoms with Gasteiger partial charge in [0.2, 0.25) is 5.82 Å². The third-order valence-corrected chi connectivity index (χ3v) is 4.25. The molecule has 6 nitrogen and oxygen atoms in total. The number of aromatic nitrogens is 3. The molecular formula is C20H16FN3O3. The predicted octanol–water partition coefficient (Wildman–Crippen LogP) is 4.21. The summed E-state index contributed by atoms with van der Waals surface area (Å²) < 4.78 is 25.4. The number of para-hydroxylation sites is 1. The van der Waals surface area contributed by atoms with Crippen LogP contribution in [0.1, 0.15) is 23.2 Å². The fourth-order valence-electron chi connectivity index (χ4n) is 2.91. The standard InChI is InChI=1S/C20H16FN3O3/c1-2-24-11-16(15-5-3-4-6-17(15)24)20(25)26-12-18-22-19(23-27-18)13-7-9-14(21)10-8-13/h3-11H,2,12H2,1H3. The van der Waals surface area contributed by atoms with Crippen LogP contribution < -0.4 is 0 Å².